The van der Waals surface area contributed by atoms with Crippen molar-refractivity contribution in [3.8, 4) is 17.2 Å². The summed E-state index contributed by atoms with van der Waals surface area (Å²) in [4.78, 5) is 4.37. The predicted molar refractivity (Wildman–Crippen MR) is 133 cm³/mol. The van der Waals surface area contributed by atoms with Gasteiger partial charge in [0, 0.05) is 17.8 Å². The number of aromatic nitrogens is 4. The Labute approximate surface area is 212 Å². The summed E-state index contributed by atoms with van der Waals surface area (Å²) in [6.07, 6.45) is 1.11. The first kappa shape index (κ1) is 25.5. The van der Waals surface area contributed by atoms with Gasteiger partial charge in [-0.05, 0) is 31.2 Å². The molecule has 4 unspecified atom stereocenters. The molecule has 1 fully saturated rings. The molecule has 0 amide bonds. The van der Waals surface area contributed by atoms with Gasteiger partial charge in [-0.2, -0.15) is 4.72 Å². The van der Waals surface area contributed by atoms with Crippen molar-refractivity contribution in [2.75, 3.05) is 38.8 Å². The van der Waals surface area contributed by atoms with E-state index in [0.29, 0.717) is 47.9 Å². The highest BCUT2D eigenvalue weighted by Gasteiger charge is 2.33. The van der Waals surface area contributed by atoms with E-state index in [0.717, 1.165) is 5.69 Å². The van der Waals surface area contributed by atoms with Gasteiger partial charge in [0.05, 0.1) is 50.4 Å². The molecule has 0 bridgehead atoms. The van der Waals surface area contributed by atoms with Crippen LogP contribution in [0.5, 0.6) is 11.5 Å². The predicted octanol–water partition coefficient (Wildman–Crippen LogP) is 3.69. The number of nitrogens with one attached hydrogen (secondary N) is 1. The SMILES string of the molecule is COc1cccc(OC)c1-n1c(N[S+]([O-])C(C)C(C)c2ccc(Cl)cn2)nnc1C1COCCO1. The molecule has 3 heterocycles. The van der Waals surface area contributed by atoms with Gasteiger partial charge in [0.1, 0.15) is 28.5 Å². The highest BCUT2D eigenvalue weighted by Crippen LogP contribution is 2.37. The van der Waals surface area contributed by atoms with Gasteiger partial charge < -0.3 is 23.5 Å². The standard InChI is InChI=1S/C23H28ClN5O5S/c1-14(17-9-8-16(24)12-25-17)15(2)35(30)28-23-27-26-22(20-13-33-10-11-34-20)29(23)21-18(31-3)6-5-7-19(21)32-4/h5-9,12,14-15,20H,10-11,13H2,1-4H3,(H,27,28). The zero-order valence-electron chi connectivity index (χ0n) is 19.9. The third-order valence-corrected chi connectivity index (χ3v) is 7.56. The van der Waals surface area contributed by atoms with Gasteiger partial charge in [-0.1, -0.05) is 24.6 Å². The largest absolute Gasteiger partial charge is 0.593 e. The molecule has 12 heteroatoms. The van der Waals surface area contributed by atoms with E-state index in [1.54, 1.807) is 43.2 Å². The average Bonchev–Trinajstić information content (AvgIpc) is 3.30. The summed E-state index contributed by atoms with van der Waals surface area (Å²) < 4.78 is 40.9. The maximum Gasteiger partial charge on any atom is 0.271 e. The second-order valence-electron chi connectivity index (χ2n) is 7.96. The molecular weight excluding hydrogens is 494 g/mol. The van der Waals surface area contributed by atoms with Crippen LogP contribution in [0, 0.1) is 0 Å². The van der Waals surface area contributed by atoms with Gasteiger partial charge in [-0.3, -0.25) is 9.55 Å². The zero-order chi connectivity index (χ0) is 24.9. The minimum atomic E-state index is -1.54. The molecule has 0 aliphatic carbocycles. The molecule has 4 atom stereocenters. The molecule has 10 nitrogen and oxygen atoms in total. The number of anilines is 1. The number of methoxy groups -OCH3 is 2. The van der Waals surface area contributed by atoms with Crippen molar-refractivity contribution in [3.63, 3.8) is 0 Å². The van der Waals surface area contributed by atoms with Crippen molar-refractivity contribution in [2.24, 2.45) is 0 Å². The van der Waals surface area contributed by atoms with Crippen molar-refractivity contribution in [1.82, 2.24) is 19.7 Å². The lowest BCUT2D eigenvalue weighted by atomic mass is 10.0. The van der Waals surface area contributed by atoms with Crippen LogP contribution in [-0.4, -0.2) is 63.6 Å². The van der Waals surface area contributed by atoms with Gasteiger partial charge in [0.15, 0.2) is 5.82 Å². The summed E-state index contributed by atoms with van der Waals surface area (Å²) in [5.74, 6) is 1.68. The van der Waals surface area contributed by atoms with Crippen LogP contribution in [-0.2, 0) is 20.8 Å². The van der Waals surface area contributed by atoms with Gasteiger partial charge in [-0.25, -0.2) is 0 Å². The second kappa shape index (κ2) is 11.4. The lowest BCUT2D eigenvalue weighted by Gasteiger charge is -2.25. The van der Waals surface area contributed by atoms with Crippen LogP contribution in [0.1, 0.15) is 37.4 Å². The van der Waals surface area contributed by atoms with E-state index in [9.17, 15) is 4.55 Å². The van der Waals surface area contributed by atoms with Gasteiger partial charge in [0.25, 0.3) is 5.95 Å². The number of para-hydroxylation sites is 1. The van der Waals surface area contributed by atoms with Crippen LogP contribution in [0.2, 0.25) is 5.02 Å². The fraction of sp³-hybridized carbons (Fsp3) is 0.435. The number of rotatable bonds is 9. The van der Waals surface area contributed by atoms with Gasteiger partial charge >= 0.3 is 0 Å². The summed E-state index contributed by atoms with van der Waals surface area (Å²) in [5.41, 5.74) is 1.35. The fourth-order valence-corrected chi connectivity index (χ4v) is 4.87. The second-order valence-corrected chi connectivity index (χ2v) is 9.94. The van der Waals surface area contributed by atoms with Crippen molar-refractivity contribution < 1.29 is 23.5 Å². The number of ether oxygens (including phenoxy) is 4. The van der Waals surface area contributed by atoms with Gasteiger partial charge in [-0.15, -0.1) is 10.2 Å². The van der Waals surface area contributed by atoms with Crippen molar-refractivity contribution in [3.05, 3.63) is 53.1 Å². The molecule has 1 aromatic carbocycles. The van der Waals surface area contributed by atoms with E-state index in [2.05, 4.69) is 19.9 Å². The first-order valence-corrected chi connectivity index (χ1v) is 12.7. The maximum absolute atomic E-state index is 13.4. The zero-order valence-corrected chi connectivity index (χ0v) is 21.5. The van der Waals surface area contributed by atoms with E-state index in [-0.39, 0.29) is 17.1 Å². The Kier molecular flexibility index (Phi) is 8.34. The van der Waals surface area contributed by atoms with Crippen LogP contribution in [0.25, 0.3) is 5.69 Å². The molecule has 35 heavy (non-hydrogen) atoms. The van der Waals surface area contributed by atoms with Crippen LogP contribution < -0.4 is 14.2 Å². The number of halogens is 1. The van der Waals surface area contributed by atoms with Gasteiger partial charge in [0.2, 0.25) is 0 Å². The highest BCUT2D eigenvalue weighted by atomic mass is 35.5. The number of hydrogen-bond acceptors (Lipinski definition) is 9. The third kappa shape index (κ3) is 5.49. The van der Waals surface area contributed by atoms with Crippen molar-refractivity contribution in [1.29, 1.82) is 0 Å². The first-order chi connectivity index (χ1) is 16.9. The molecule has 3 aromatic rings. The number of benzene rings is 1. The lowest BCUT2D eigenvalue weighted by molar-refractivity contribution is -0.0941. The minimum absolute atomic E-state index is 0.118. The Hall–Kier alpha value is -2.57. The van der Waals surface area contributed by atoms with E-state index in [4.69, 9.17) is 30.5 Å². The summed E-state index contributed by atoms with van der Waals surface area (Å²) in [6.45, 7) is 5.10. The summed E-state index contributed by atoms with van der Waals surface area (Å²) in [5, 5.41) is 8.91. The summed E-state index contributed by atoms with van der Waals surface area (Å²) in [7, 11) is 3.13. The molecule has 1 aliphatic rings. The molecule has 1 aliphatic heterocycles. The van der Waals surface area contributed by atoms with Crippen LogP contribution in [0.15, 0.2) is 36.5 Å². The summed E-state index contributed by atoms with van der Waals surface area (Å²) in [6, 6.07) is 9.03. The van der Waals surface area contributed by atoms with E-state index in [1.807, 2.05) is 26.0 Å². The van der Waals surface area contributed by atoms with Crippen molar-refractivity contribution >= 4 is 28.9 Å². The molecule has 1 saturated heterocycles. The fourth-order valence-electron chi connectivity index (χ4n) is 3.75. The maximum atomic E-state index is 13.4. The molecule has 0 radical (unpaired) electrons. The normalized spacial score (nSPS) is 18.5. The molecule has 2 aromatic heterocycles. The minimum Gasteiger partial charge on any atom is -0.593 e. The Morgan fingerprint density at radius 3 is 2.49 bits per heavy atom. The van der Waals surface area contributed by atoms with Crippen LogP contribution in [0.3, 0.4) is 0 Å². The Balaban J connectivity index is 1.70. The number of pyridine rings is 1. The third-order valence-electron chi connectivity index (χ3n) is 5.87. The Morgan fingerprint density at radius 1 is 1.14 bits per heavy atom. The topological polar surface area (TPSA) is 116 Å². The Bertz CT molecular complexity index is 1100. The molecule has 1 N–H and O–H groups in total. The lowest BCUT2D eigenvalue weighted by Crippen LogP contribution is -2.31. The van der Waals surface area contributed by atoms with E-state index < -0.39 is 17.5 Å². The van der Waals surface area contributed by atoms with Crippen molar-refractivity contribution in [2.45, 2.75) is 31.1 Å². The van der Waals surface area contributed by atoms with Crippen LogP contribution >= 0.6 is 11.6 Å². The average molecular weight is 522 g/mol. The quantitative estimate of drug-likeness (QED) is 0.421. The number of hydrogen-bond donors (Lipinski definition) is 1. The smallest absolute Gasteiger partial charge is 0.271 e. The first-order valence-electron chi connectivity index (χ1n) is 11.1. The van der Waals surface area contributed by atoms with E-state index >= 15 is 0 Å². The van der Waals surface area contributed by atoms with E-state index in [1.165, 1.54) is 0 Å². The monoisotopic (exact) mass is 521 g/mol. The Morgan fingerprint density at radius 2 is 1.89 bits per heavy atom. The molecule has 4 rings (SSSR count). The summed E-state index contributed by atoms with van der Waals surface area (Å²) >= 11 is 4.42. The van der Waals surface area contributed by atoms with Crippen LogP contribution in [0.4, 0.5) is 5.95 Å². The number of nitrogens with zero attached hydrogens (tertiary/aromatic N) is 4. The molecule has 188 valence electrons. The molecular formula is C23H28ClN5O5S. The molecule has 0 spiro atoms. The highest BCUT2D eigenvalue weighted by molar-refractivity contribution is 7.93. The molecule has 0 saturated carbocycles.